The van der Waals surface area contributed by atoms with Gasteiger partial charge in [-0.3, -0.25) is 4.79 Å². The maximum Gasteiger partial charge on any atom is 0.227 e. The number of hydrogen-bond acceptors (Lipinski definition) is 6. The summed E-state index contributed by atoms with van der Waals surface area (Å²) in [6.07, 6.45) is 2.53. The summed E-state index contributed by atoms with van der Waals surface area (Å²) in [5.74, 6) is 2.20. The lowest BCUT2D eigenvalue weighted by Crippen LogP contribution is -2.38. The van der Waals surface area contributed by atoms with E-state index in [1.54, 1.807) is 0 Å². The highest BCUT2D eigenvalue weighted by Crippen LogP contribution is 2.30. The lowest BCUT2D eigenvalue weighted by Gasteiger charge is -2.30. The van der Waals surface area contributed by atoms with Gasteiger partial charge in [0.25, 0.3) is 0 Å². The van der Waals surface area contributed by atoms with Crippen molar-refractivity contribution in [3.05, 3.63) is 65.9 Å². The van der Waals surface area contributed by atoms with Crippen LogP contribution in [-0.2, 0) is 11.2 Å². The fourth-order valence-electron chi connectivity index (χ4n) is 3.99. The summed E-state index contributed by atoms with van der Waals surface area (Å²) >= 11 is 0. The molecule has 4 aromatic rings. The monoisotopic (exact) mass is 416 g/mol. The zero-order chi connectivity index (χ0) is 21.2. The quantitative estimate of drug-likeness (QED) is 0.475. The van der Waals surface area contributed by atoms with E-state index in [0.717, 1.165) is 35.4 Å². The third-order valence-electron chi connectivity index (χ3n) is 5.84. The molecule has 1 amide bonds. The maximum atomic E-state index is 12.7. The van der Waals surface area contributed by atoms with Gasteiger partial charge in [0.05, 0.1) is 0 Å². The molecule has 0 saturated carbocycles. The van der Waals surface area contributed by atoms with E-state index in [1.165, 1.54) is 5.56 Å². The number of amides is 1. The third kappa shape index (κ3) is 4.21. The first-order valence-electron chi connectivity index (χ1n) is 10.7. The Hall–Kier alpha value is -3.48. The average molecular weight is 416 g/mol. The summed E-state index contributed by atoms with van der Waals surface area (Å²) in [6, 6.07) is 15.8. The van der Waals surface area contributed by atoms with Gasteiger partial charge in [-0.15, -0.1) is 0 Å². The van der Waals surface area contributed by atoms with Crippen molar-refractivity contribution in [2.75, 3.05) is 13.1 Å². The predicted octanol–water partition coefficient (Wildman–Crippen LogP) is 4.53. The molecule has 0 aliphatic carbocycles. The normalized spacial score (nSPS) is 14.9. The van der Waals surface area contributed by atoms with Gasteiger partial charge < -0.3 is 13.8 Å². The molecule has 0 atom stereocenters. The molecule has 0 unspecified atom stereocenters. The third-order valence-corrected chi connectivity index (χ3v) is 5.84. The number of para-hydroxylation sites is 2. The highest BCUT2D eigenvalue weighted by Gasteiger charge is 2.27. The molecule has 7 nitrogen and oxygen atoms in total. The van der Waals surface area contributed by atoms with Crippen LogP contribution in [0.2, 0.25) is 0 Å². The largest absolute Gasteiger partial charge is 0.440 e. The number of piperidine rings is 1. The molecule has 0 spiro atoms. The number of nitrogens with zero attached hydrogens (tertiary/aromatic N) is 4. The van der Waals surface area contributed by atoms with E-state index in [4.69, 9.17) is 8.94 Å². The fourth-order valence-corrected chi connectivity index (χ4v) is 3.99. The summed E-state index contributed by atoms with van der Waals surface area (Å²) in [4.78, 5) is 23.6. The van der Waals surface area contributed by atoms with Crippen LogP contribution < -0.4 is 0 Å². The van der Waals surface area contributed by atoms with Crippen molar-refractivity contribution < 1.29 is 13.7 Å². The molecule has 2 aromatic heterocycles. The van der Waals surface area contributed by atoms with Gasteiger partial charge in [0.2, 0.25) is 17.6 Å². The molecule has 0 bridgehead atoms. The molecular formula is C24H24N4O3. The molecule has 2 aromatic carbocycles. The van der Waals surface area contributed by atoms with Crippen LogP contribution in [-0.4, -0.2) is 39.0 Å². The van der Waals surface area contributed by atoms with Gasteiger partial charge in [0, 0.05) is 37.4 Å². The molecule has 0 N–H and O–H groups in total. The second-order valence-corrected chi connectivity index (χ2v) is 8.05. The first kappa shape index (κ1) is 19.5. The van der Waals surface area contributed by atoms with Gasteiger partial charge in [-0.25, -0.2) is 4.98 Å². The standard InChI is InChI=1S/C24H24N4O3/c1-16-6-8-17(9-7-16)23-26-21(31-27-23)10-11-22(29)28-14-12-18(13-15-28)24-25-19-4-2-3-5-20(19)30-24/h2-9,18H,10-15H2,1H3. The van der Waals surface area contributed by atoms with Crippen LogP contribution in [0, 0.1) is 6.92 Å². The van der Waals surface area contributed by atoms with Crippen LogP contribution in [0.1, 0.15) is 42.5 Å². The molecule has 1 aliphatic heterocycles. The molecule has 1 aliphatic rings. The number of hydrogen-bond donors (Lipinski definition) is 0. The highest BCUT2D eigenvalue weighted by molar-refractivity contribution is 5.76. The Morgan fingerprint density at radius 2 is 1.84 bits per heavy atom. The number of aromatic nitrogens is 3. The number of oxazole rings is 1. The summed E-state index contributed by atoms with van der Waals surface area (Å²) in [7, 11) is 0. The summed E-state index contributed by atoms with van der Waals surface area (Å²) in [5, 5.41) is 4.04. The topological polar surface area (TPSA) is 85.3 Å². The van der Waals surface area contributed by atoms with E-state index in [1.807, 2.05) is 60.4 Å². The molecule has 1 saturated heterocycles. The van der Waals surface area contributed by atoms with Gasteiger partial charge in [-0.05, 0) is 31.9 Å². The number of carbonyl (C=O) groups is 1. The fraction of sp³-hybridized carbons (Fsp3) is 0.333. The molecule has 1 fully saturated rings. The van der Waals surface area contributed by atoms with Crippen LogP contribution >= 0.6 is 0 Å². The van der Waals surface area contributed by atoms with E-state index >= 15 is 0 Å². The van der Waals surface area contributed by atoms with Crippen molar-refractivity contribution >= 4 is 17.0 Å². The maximum absolute atomic E-state index is 12.7. The number of carbonyl (C=O) groups excluding carboxylic acids is 1. The summed E-state index contributed by atoms with van der Waals surface area (Å²) < 4.78 is 11.2. The molecular weight excluding hydrogens is 392 g/mol. The van der Waals surface area contributed by atoms with Crippen LogP contribution in [0.25, 0.3) is 22.5 Å². The smallest absolute Gasteiger partial charge is 0.227 e. The molecule has 3 heterocycles. The van der Waals surface area contributed by atoms with Crippen molar-refractivity contribution in [3.63, 3.8) is 0 Å². The van der Waals surface area contributed by atoms with E-state index in [0.29, 0.717) is 37.6 Å². The molecule has 0 radical (unpaired) electrons. The summed E-state index contributed by atoms with van der Waals surface area (Å²) in [6.45, 7) is 3.45. The first-order chi connectivity index (χ1) is 15.2. The van der Waals surface area contributed by atoms with Crippen molar-refractivity contribution in [2.24, 2.45) is 0 Å². The minimum Gasteiger partial charge on any atom is -0.440 e. The van der Waals surface area contributed by atoms with Crippen LogP contribution in [0.3, 0.4) is 0 Å². The Morgan fingerprint density at radius 1 is 1.06 bits per heavy atom. The Kier molecular flexibility index (Phi) is 5.24. The van der Waals surface area contributed by atoms with Crippen molar-refractivity contribution in [1.29, 1.82) is 0 Å². The van der Waals surface area contributed by atoms with Gasteiger partial charge in [0.15, 0.2) is 11.5 Å². The van der Waals surface area contributed by atoms with Crippen molar-refractivity contribution in [2.45, 2.75) is 38.5 Å². The average Bonchev–Trinajstić information content (AvgIpc) is 3.45. The van der Waals surface area contributed by atoms with Gasteiger partial charge in [-0.1, -0.05) is 47.1 Å². The van der Waals surface area contributed by atoms with E-state index in [-0.39, 0.29) is 11.8 Å². The van der Waals surface area contributed by atoms with Crippen LogP contribution in [0.4, 0.5) is 0 Å². The zero-order valence-corrected chi connectivity index (χ0v) is 17.5. The van der Waals surface area contributed by atoms with Crippen LogP contribution in [0.5, 0.6) is 0 Å². The molecule has 158 valence electrons. The zero-order valence-electron chi connectivity index (χ0n) is 17.5. The van der Waals surface area contributed by atoms with Crippen molar-refractivity contribution in [1.82, 2.24) is 20.0 Å². The number of rotatable bonds is 5. The molecule has 5 rings (SSSR count). The number of likely N-dealkylation sites (tertiary alicyclic amines) is 1. The van der Waals surface area contributed by atoms with E-state index < -0.39 is 0 Å². The second kappa shape index (κ2) is 8.34. The van der Waals surface area contributed by atoms with Crippen molar-refractivity contribution in [3.8, 4) is 11.4 Å². The Morgan fingerprint density at radius 3 is 2.61 bits per heavy atom. The van der Waals surface area contributed by atoms with Gasteiger partial charge in [-0.2, -0.15) is 4.98 Å². The SMILES string of the molecule is Cc1ccc(-c2noc(CCC(=O)N3CCC(c4nc5ccccc5o4)CC3)n2)cc1. The van der Waals surface area contributed by atoms with Gasteiger partial charge in [0.1, 0.15) is 5.52 Å². The minimum atomic E-state index is 0.117. The molecule has 31 heavy (non-hydrogen) atoms. The Labute approximate surface area is 180 Å². The lowest BCUT2D eigenvalue weighted by atomic mass is 9.96. The Bertz CT molecular complexity index is 1150. The van der Waals surface area contributed by atoms with Crippen LogP contribution in [0.15, 0.2) is 57.5 Å². The Balaban J connectivity index is 1.14. The highest BCUT2D eigenvalue weighted by atomic mass is 16.5. The number of benzene rings is 2. The lowest BCUT2D eigenvalue weighted by molar-refractivity contribution is -0.132. The number of fused-ring (bicyclic) bond motifs is 1. The second-order valence-electron chi connectivity index (χ2n) is 8.05. The van der Waals surface area contributed by atoms with E-state index in [2.05, 4.69) is 15.1 Å². The van der Waals surface area contributed by atoms with Gasteiger partial charge >= 0.3 is 0 Å². The minimum absolute atomic E-state index is 0.117. The summed E-state index contributed by atoms with van der Waals surface area (Å²) in [5.41, 5.74) is 3.80. The van der Waals surface area contributed by atoms with E-state index in [9.17, 15) is 4.79 Å². The number of aryl methyl sites for hydroxylation is 2. The molecule has 7 heteroatoms. The first-order valence-corrected chi connectivity index (χ1v) is 10.7. The predicted molar refractivity (Wildman–Crippen MR) is 115 cm³/mol.